The number of aromatic nitrogens is 3. The standard InChI is InChI=1S/C22H15F2N5O3S2/c1-11-6-19-25-14(9-20(30)29(19)32-11)10-33-22-28-17-5-3-13(8-18(17)34-22)26-21(31)27-16-4-2-12(23)7-15(16)24/h2-9H,10H2,1H3,(H2,26,27,31). The molecule has 34 heavy (non-hydrogen) atoms. The van der Waals surface area contributed by atoms with Crippen molar-refractivity contribution in [3.05, 3.63) is 82.0 Å². The summed E-state index contributed by atoms with van der Waals surface area (Å²) in [6, 6.07) is 10.6. The lowest BCUT2D eigenvalue weighted by molar-refractivity contribution is 0.262. The van der Waals surface area contributed by atoms with Crippen LogP contribution in [0.15, 0.2) is 62.2 Å². The van der Waals surface area contributed by atoms with Crippen LogP contribution in [-0.2, 0) is 5.75 Å². The SMILES string of the molecule is Cc1cc2nc(CSc3nc4ccc(NC(=O)Nc5ccc(F)cc5F)cc4s3)cc(=O)n2o1. The van der Waals surface area contributed by atoms with E-state index in [2.05, 4.69) is 20.6 Å². The topological polar surface area (TPSA) is 102 Å². The molecule has 0 aliphatic rings. The zero-order valence-electron chi connectivity index (χ0n) is 17.5. The first-order valence-corrected chi connectivity index (χ1v) is 11.7. The van der Waals surface area contributed by atoms with E-state index >= 15 is 0 Å². The second kappa shape index (κ2) is 8.88. The van der Waals surface area contributed by atoms with Crippen LogP contribution in [0.25, 0.3) is 15.9 Å². The number of aryl methyl sites for hydroxylation is 1. The predicted octanol–water partition coefficient (Wildman–Crippen LogP) is 5.42. The van der Waals surface area contributed by atoms with Crippen molar-refractivity contribution in [3.63, 3.8) is 0 Å². The molecule has 172 valence electrons. The Bertz CT molecular complexity index is 1610. The maximum atomic E-state index is 13.7. The summed E-state index contributed by atoms with van der Waals surface area (Å²) in [5.74, 6) is -0.546. The number of nitrogens with one attached hydrogen (secondary N) is 2. The van der Waals surface area contributed by atoms with E-state index in [1.54, 1.807) is 31.2 Å². The molecule has 0 aliphatic heterocycles. The van der Waals surface area contributed by atoms with Gasteiger partial charge in [-0.05, 0) is 37.3 Å². The number of thioether (sulfide) groups is 1. The number of anilines is 2. The average molecular weight is 500 g/mol. The van der Waals surface area contributed by atoms with Crippen LogP contribution >= 0.6 is 23.1 Å². The van der Waals surface area contributed by atoms with Crippen molar-refractivity contribution >= 4 is 56.4 Å². The van der Waals surface area contributed by atoms with E-state index in [9.17, 15) is 18.4 Å². The van der Waals surface area contributed by atoms with Gasteiger partial charge < -0.3 is 15.2 Å². The lowest BCUT2D eigenvalue weighted by Gasteiger charge is -2.08. The number of halogens is 2. The number of fused-ring (bicyclic) bond motifs is 2. The van der Waals surface area contributed by atoms with Crippen LogP contribution in [0.5, 0.6) is 0 Å². The minimum Gasteiger partial charge on any atom is -0.375 e. The summed E-state index contributed by atoms with van der Waals surface area (Å²) in [7, 11) is 0. The number of hydrogen-bond acceptors (Lipinski definition) is 7. The highest BCUT2D eigenvalue weighted by molar-refractivity contribution is 8.00. The van der Waals surface area contributed by atoms with Crippen LogP contribution in [-0.4, -0.2) is 20.6 Å². The lowest BCUT2D eigenvalue weighted by atomic mass is 10.3. The van der Waals surface area contributed by atoms with E-state index in [1.165, 1.54) is 29.2 Å². The molecule has 3 heterocycles. The number of rotatable bonds is 5. The van der Waals surface area contributed by atoms with E-state index in [4.69, 9.17) is 4.52 Å². The summed E-state index contributed by atoms with van der Waals surface area (Å²) in [5.41, 5.74) is 1.89. The number of hydrogen-bond donors (Lipinski definition) is 2. The molecule has 2 N–H and O–H groups in total. The Labute approximate surface area is 198 Å². The Morgan fingerprint density at radius 2 is 1.97 bits per heavy atom. The maximum absolute atomic E-state index is 13.7. The van der Waals surface area contributed by atoms with Crippen molar-refractivity contribution < 1.29 is 18.1 Å². The number of carbonyl (C=O) groups is 1. The van der Waals surface area contributed by atoms with Crippen LogP contribution in [0.3, 0.4) is 0 Å². The minimum atomic E-state index is -0.867. The van der Waals surface area contributed by atoms with Crippen LogP contribution < -0.4 is 16.2 Å². The van der Waals surface area contributed by atoms with E-state index in [0.29, 0.717) is 34.6 Å². The highest BCUT2D eigenvalue weighted by Crippen LogP contribution is 2.32. The third-order valence-electron chi connectivity index (χ3n) is 4.67. The normalized spacial score (nSPS) is 11.3. The summed E-state index contributed by atoms with van der Waals surface area (Å²) in [6.45, 7) is 1.75. The van der Waals surface area contributed by atoms with Crippen molar-refractivity contribution in [2.24, 2.45) is 0 Å². The van der Waals surface area contributed by atoms with Gasteiger partial charge in [-0.25, -0.2) is 23.5 Å². The van der Waals surface area contributed by atoms with Gasteiger partial charge in [-0.3, -0.25) is 4.79 Å². The van der Waals surface area contributed by atoms with E-state index < -0.39 is 17.7 Å². The van der Waals surface area contributed by atoms with Gasteiger partial charge in [0.2, 0.25) is 0 Å². The van der Waals surface area contributed by atoms with E-state index in [0.717, 1.165) is 31.3 Å². The number of urea groups is 1. The summed E-state index contributed by atoms with van der Waals surface area (Å²) in [4.78, 5) is 33.4. The fourth-order valence-electron chi connectivity index (χ4n) is 3.20. The first-order valence-electron chi connectivity index (χ1n) is 9.90. The van der Waals surface area contributed by atoms with Crippen LogP contribution in [0.4, 0.5) is 25.0 Å². The largest absolute Gasteiger partial charge is 0.375 e. The second-order valence-corrected chi connectivity index (χ2v) is 9.49. The predicted molar refractivity (Wildman–Crippen MR) is 127 cm³/mol. The Morgan fingerprint density at radius 3 is 2.79 bits per heavy atom. The van der Waals surface area contributed by atoms with Crippen molar-refractivity contribution in [3.8, 4) is 0 Å². The van der Waals surface area contributed by atoms with E-state index in [1.807, 2.05) is 0 Å². The van der Waals surface area contributed by atoms with Gasteiger partial charge in [0.05, 0.1) is 21.6 Å². The average Bonchev–Trinajstić information content (AvgIpc) is 3.36. The lowest BCUT2D eigenvalue weighted by Crippen LogP contribution is -2.20. The molecule has 0 saturated heterocycles. The molecule has 0 saturated carbocycles. The first kappa shape index (κ1) is 22.0. The molecule has 0 bridgehead atoms. The fraction of sp³-hybridized carbons (Fsp3) is 0.0909. The van der Waals surface area contributed by atoms with Crippen molar-refractivity contribution in [2.45, 2.75) is 17.0 Å². The molecule has 0 atom stereocenters. The molecule has 8 nitrogen and oxygen atoms in total. The fourth-order valence-corrected chi connectivity index (χ4v) is 5.20. The number of amides is 2. The van der Waals surface area contributed by atoms with Crippen molar-refractivity contribution in [1.82, 2.24) is 14.5 Å². The van der Waals surface area contributed by atoms with Gasteiger partial charge in [0.25, 0.3) is 5.56 Å². The number of carbonyl (C=O) groups excluding carboxylic acids is 1. The summed E-state index contributed by atoms with van der Waals surface area (Å²) >= 11 is 2.87. The monoisotopic (exact) mass is 499 g/mol. The smallest absolute Gasteiger partial charge is 0.323 e. The van der Waals surface area contributed by atoms with Gasteiger partial charge >= 0.3 is 6.03 Å². The van der Waals surface area contributed by atoms with Crippen molar-refractivity contribution in [2.75, 3.05) is 10.6 Å². The molecule has 0 radical (unpaired) electrons. The third-order valence-corrected chi connectivity index (χ3v) is 6.87. The van der Waals surface area contributed by atoms with Gasteiger partial charge in [0, 0.05) is 29.6 Å². The third kappa shape index (κ3) is 4.63. The van der Waals surface area contributed by atoms with Gasteiger partial charge in [0.1, 0.15) is 17.4 Å². The second-order valence-electron chi connectivity index (χ2n) is 7.24. The Kier molecular flexibility index (Phi) is 5.75. The molecule has 5 aromatic rings. The highest BCUT2D eigenvalue weighted by Gasteiger charge is 2.12. The molecule has 0 fully saturated rings. The van der Waals surface area contributed by atoms with Gasteiger partial charge in [0.15, 0.2) is 9.99 Å². The zero-order chi connectivity index (χ0) is 23.8. The van der Waals surface area contributed by atoms with Crippen molar-refractivity contribution in [1.29, 1.82) is 0 Å². The first-order chi connectivity index (χ1) is 16.3. The molecule has 2 amide bonds. The molecule has 0 aliphatic carbocycles. The Hall–Kier alpha value is -3.77. The molecular formula is C22H15F2N5O3S2. The quantitative estimate of drug-likeness (QED) is 0.313. The maximum Gasteiger partial charge on any atom is 0.323 e. The molecular weight excluding hydrogens is 484 g/mol. The van der Waals surface area contributed by atoms with Crippen LogP contribution in [0.2, 0.25) is 0 Å². The molecule has 0 unspecified atom stereocenters. The zero-order valence-corrected chi connectivity index (χ0v) is 19.1. The highest BCUT2D eigenvalue weighted by atomic mass is 32.2. The van der Waals surface area contributed by atoms with Crippen LogP contribution in [0, 0.1) is 18.6 Å². The van der Waals surface area contributed by atoms with Crippen LogP contribution in [0.1, 0.15) is 11.5 Å². The molecule has 12 heteroatoms. The number of thiazole rings is 1. The Balaban J connectivity index is 1.27. The Morgan fingerprint density at radius 1 is 1.12 bits per heavy atom. The van der Waals surface area contributed by atoms with Gasteiger partial charge in [-0.2, -0.15) is 0 Å². The van der Waals surface area contributed by atoms with Gasteiger partial charge in [-0.1, -0.05) is 11.8 Å². The summed E-state index contributed by atoms with van der Waals surface area (Å²) in [6.07, 6.45) is 0. The molecule has 3 aromatic heterocycles. The molecule has 0 spiro atoms. The molecule has 2 aromatic carbocycles. The number of nitrogens with zero attached hydrogens (tertiary/aromatic N) is 3. The minimum absolute atomic E-state index is 0.131. The molecule has 5 rings (SSSR count). The summed E-state index contributed by atoms with van der Waals surface area (Å²) in [5, 5.41) is 4.97. The van der Waals surface area contributed by atoms with Gasteiger partial charge in [-0.15, -0.1) is 15.9 Å². The summed E-state index contributed by atoms with van der Waals surface area (Å²) < 4.78 is 34.8. The van der Waals surface area contributed by atoms with E-state index in [-0.39, 0.29) is 11.2 Å². The number of benzene rings is 2.